The molecule has 0 atom stereocenters. The minimum absolute atomic E-state index is 0.442. The smallest absolute Gasteiger partial charge is 0.195 e. The summed E-state index contributed by atoms with van der Waals surface area (Å²) in [5.41, 5.74) is 2.04. The number of halogens is 1. The summed E-state index contributed by atoms with van der Waals surface area (Å²) < 4.78 is 7.72. The highest BCUT2D eigenvalue weighted by atomic mass is 35.5. The molecule has 8 heteroatoms. The lowest BCUT2D eigenvalue weighted by molar-refractivity contribution is 0.305. The summed E-state index contributed by atoms with van der Waals surface area (Å²) in [5, 5.41) is 12.8. The van der Waals surface area contributed by atoms with Gasteiger partial charge in [-0.3, -0.25) is 4.57 Å². The van der Waals surface area contributed by atoms with Crippen LogP contribution in [0.1, 0.15) is 10.7 Å². The van der Waals surface area contributed by atoms with Crippen LogP contribution in [0.2, 0.25) is 5.02 Å². The number of para-hydroxylation sites is 1. The predicted octanol–water partition coefficient (Wildman–Crippen LogP) is 5.25. The molecule has 2 aromatic heterocycles. The van der Waals surface area contributed by atoms with Gasteiger partial charge in [0.2, 0.25) is 0 Å². The molecule has 2 heterocycles. The molecule has 27 heavy (non-hydrogen) atoms. The number of thioether (sulfide) groups is 1. The van der Waals surface area contributed by atoms with Crippen LogP contribution in [0.15, 0.2) is 71.5 Å². The molecule has 5 nitrogen and oxygen atoms in total. The highest BCUT2D eigenvalue weighted by Crippen LogP contribution is 2.25. The van der Waals surface area contributed by atoms with Gasteiger partial charge in [0.15, 0.2) is 5.16 Å². The lowest BCUT2D eigenvalue weighted by atomic mass is 10.3. The van der Waals surface area contributed by atoms with E-state index in [1.54, 1.807) is 29.4 Å². The first-order chi connectivity index (χ1) is 13.3. The molecule has 4 aromatic rings. The molecule has 0 N–H and O–H groups in total. The van der Waals surface area contributed by atoms with E-state index in [-0.39, 0.29) is 0 Å². The Hall–Kier alpha value is -2.35. The Morgan fingerprint density at radius 3 is 2.70 bits per heavy atom. The number of ether oxygens (including phenoxy) is 1. The van der Waals surface area contributed by atoms with Crippen molar-refractivity contribution in [3.63, 3.8) is 0 Å². The van der Waals surface area contributed by atoms with E-state index in [0.717, 1.165) is 33.0 Å². The monoisotopic (exact) mass is 414 g/mol. The van der Waals surface area contributed by atoms with Crippen LogP contribution in [-0.4, -0.2) is 19.7 Å². The van der Waals surface area contributed by atoms with Crippen molar-refractivity contribution < 1.29 is 4.74 Å². The van der Waals surface area contributed by atoms with Gasteiger partial charge in [-0.1, -0.05) is 41.6 Å². The molecule has 2 aromatic carbocycles. The Balaban J connectivity index is 1.35. The van der Waals surface area contributed by atoms with Crippen molar-refractivity contribution in [1.29, 1.82) is 0 Å². The average molecular weight is 415 g/mol. The Bertz CT molecular complexity index is 1000. The van der Waals surface area contributed by atoms with Crippen LogP contribution in [0, 0.1) is 0 Å². The molecule has 0 aliphatic heterocycles. The Morgan fingerprint density at radius 1 is 1.07 bits per heavy atom. The Kier molecular flexibility index (Phi) is 5.72. The third kappa shape index (κ3) is 4.68. The van der Waals surface area contributed by atoms with Gasteiger partial charge < -0.3 is 4.74 Å². The summed E-state index contributed by atoms with van der Waals surface area (Å²) in [7, 11) is 0. The number of benzene rings is 2. The second kappa shape index (κ2) is 8.56. The van der Waals surface area contributed by atoms with Gasteiger partial charge in [0.1, 0.15) is 23.7 Å². The zero-order chi connectivity index (χ0) is 18.5. The van der Waals surface area contributed by atoms with Gasteiger partial charge in [-0.15, -0.1) is 21.5 Å². The van der Waals surface area contributed by atoms with Crippen LogP contribution in [-0.2, 0) is 12.4 Å². The first kappa shape index (κ1) is 18.0. The van der Waals surface area contributed by atoms with Crippen molar-refractivity contribution in [2.24, 2.45) is 0 Å². The molecule has 0 saturated heterocycles. The minimum Gasteiger partial charge on any atom is -0.486 e. The molecule has 4 rings (SSSR count). The van der Waals surface area contributed by atoms with Crippen LogP contribution in [0.4, 0.5) is 0 Å². The van der Waals surface area contributed by atoms with Gasteiger partial charge in [-0.25, -0.2) is 4.98 Å². The van der Waals surface area contributed by atoms with Crippen molar-refractivity contribution in [3.8, 4) is 11.4 Å². The largest absolute Gasteiger partial charge is 0.486 e. The topological polar surface area (TPSA) is 52.8 Å². The molecular weight excluding hydrogens is 400 g/mol. The Morgan fingerprint density at radius 2 is 1.89 bits per heavy atom. The molecule has 0 amide bonds. The number of rotatable bonds is 7. The van der Waals surface area contributed by atoms with Crippen LogP contribution >= 0.6 is 34.7 Å². The van der Waals surface area contributed by atoms with Crippen molar-refractivity contribution in [3.05, 3.63) is 82.0 Å². The van der Waals surface area contributed by atoms with E-state index < -0.39 is 0 Å². The average Bonchev–Trinajstić information content (AvgIpc) is 3.36. The van der Waals surface area contributed by atoms with Crippen molar-refractivity contribution >= 4 is 34.7 Å². The molecule has 0 radical (unpaired) electrons. The molecular formula is C19H15ClN4OS2. The maximum atomic E-state index is 5.88. The molecule has 0 fully saturated rings. The van der Waals surface area contributed by atoms with Gasteiger partial charge in [-0.2, -0.15) is 0 Å². The molecule has 0 bridgehead atoms. The maximum absolute atomic E-state index is 5.88. The number of aromatic nitrogens is 4. The molecule has 0 unspecified atom stereocenters. The van der Waals surface area contributed by atoms with Gasteiger partial charge in [0.05, 0.1) is 5.69 Å². The van der Waals surface area contributed by atoms with Crippen LogP contribution < -0.4 is 4.74 Å². The fourth-order valence-electron chi connectivity index (χ4n) is 2.38. The minimum atomic E-state index is 0.442. The number of hydrogen-bond acceptors (Lipinski definition) is 6. The number of hydrogen-bond donors (Lipinski definition) is 0. The molecule has 0 aliphatic carbocycles. The third-order valence-corrected chi connectivity index (χ3v) is 5.78. The summed E-state index contributed by atoms with van der Waals surface area (Å²) >= 11 is 9.08. The lowest BCUT2D eigenvalue weighted by Crippen LogP contribution is -1.96. The van der Waals surface area contributed by atoms with E-state index >= 15 is 0 Å². The second-order valence-electron chi connectivity index (χ2n) is 5.58. The van der Waals surface area contributed by atoms with Crippen molar-refractivity contribution in [1.82, 2.24) is 19.7 Å². The van der Waals surface area contributed by atoms with Crippen LogP contribution in [0.5, 0.6) is 5.75 Å². The Labute approximate surface area is 170 Å². The summed E-state index contributed by atoms with van der Waals surface area (Å²) in [4.78, 5) is 4.63. The predicted molar refractivity (Wildman–Crippen MR) is 109 cm³/mol. The maximum Gasteiger partial charge on any atom is 0.195 e. The van der Waals surface area contributed by atoms with Crippen LogP contribution in [0.3, 0.4) is 0 Å². The standard InChI is InChI=1S/C19H15ClN4OS2/c20-14-6-8-17(9-7-14)25-10-18-22-15(11-26-18)12-27-19-23-21-13-24(19)16-4-2-1-3-5-16/h1-9,11,13H,10,12H2. The third-order valence-electron chi connectivity index (χ3n) is 3.68. The normalized spacial score (nSPS) is 10.9. The van der Waals surface area contributed by atoms with E-state index in [4.69, 9.17) is 16.3 Å². The van der Waals surface area contributed by atoms with Gasteiger partial charge in [0, 0.05) is 21.8 Å². The SMILES string of the molecule is Clc1ccc(OCc2nc(CSc3nncn3-c3ccccc3)cs2)cc1. The summed E-state index contributed by atoms with van der Waals surface area (Å²) in [6.07, 6.45) is 1.73. The fraction of sp³-hybridized carbons (Fsp3) is 0.105. The van der Waals surface area contributed by atoms with Gasteiger partial charge >= 0.3 is 0 Å². The van der Waals surface area contributed by atoms with E-state index in [1.165, 1.54) is 0 Å². The highest BCUT2D eigenvalue weighted by molar-refractivity contribution is 7.98. The van der Waals surface area contributed by atoms with Crippen LogP contribution in [0.25, 0.3) is 5.69 Å². The van der Waals surface area contributed by atoms with E-state index in [1.807, 2.05) is 59.2 Å². The summed E-state index contributed by atoms with van der Waals surface area (Å²) in [5.74, 6) is 1.50. The first-order valence-corrected chi connectivity index (χ1v) is 10.4. The second-order valence-corrected chi connectivity index (χ2v) is 7.90. The molecule has 0 spiro atoms. The molecule has 136 valence electrons. The molecule has 0 aliphatic rings. The van der Waals surface area contributed by atoms with Crippen molar-refractivity contribution in [2.45, 2.75) is 17.5 Å². The summed E-state index contributed by atoms with van der Waals surface area (Å²) in [6, 6.07) is 17.4. The zero-order valence-corrected chi connectivity index (χ0v) is 16.5. The van der Waals surface area contributed by atoms with E-state index in [9.17, 15) is 0 Å². The zero-order valence-electron chi connectivity index (χ0n) is 14.2. The number of nitrogens with zero attached hydrogens (tertiary/aromatic N) is 4. The van der Waals surface area contributed by atoms with E-state index in [0.29, 0.717) is 11.6 Å². The quantitative estimate of drug-likeness (QED) is 0.386. The lowest BCUT2D eigenvalue weighted by Gasteiger charge is -2.05. The molecule has 0 saturated carbocycles. The van der Waals surface area contributed by atoms with Gasteiger partial charge in [-0.05, 0) is 36.4 Å². The first-order valence-electron chi connectivity index (χ1n) is 8.18. The summed E-state index contributed by atoms with van der Waals surface area (Å²) in [6.45, 7) is 0.442. The van der Waals surface area contributed by atoms with Gasteiger partial charge in [0.25, 0.3) is 0 Å². The number of thiazole rings is 1. The van der Waals surface area contributed by atoms with Crippen molar-refractivity contribution in [2.75, 3.05) is 0 Å². The van der Waals surface area contributed by atoms with E-state index in [2.05, 4.69) is 20.6 Å². The highest BCUT2D eigenvalue weighted by Gasteiger charge is 2.09. The fourth-order valence-corrected chi connectivity index (χ4v) is 4.14.